The molecule has 1 aromatic carbocycles. The molecule has 0 atom stereocenters. The summed E-state index contributed by atoms with van der Waals surface area (Å²) in [5, 5.41) is 3.10. The summed E-state index contributed by atoms with van der Waals surface area (Å²) in [5.74, 6) is -0.369. The molecule has 0 saturated carbocycles. The quantitative estimate of drug-likeness (QED) is 0.850. The molecule has 0 bridgehead atoms. The number of furan rings is 1. The van der Waals surface area contributed by atoms with Gasteiger partial charge in [0, 0.05) is 18.2 Å². The third kappa shape index (κ3) is 2.36. The molecule has 5 heteroatoms. The molecule has 0 unspecified atom stereocenters. The molecule has 2 aromatic rings. The van der Waals surface area contributed by atoms with Gasteiger partial charge in [-0.25, -0.2) is 4.39 Å². The van der Waals surface area contributed by atoms with Crippen molar-refractivity contribution in [2.75, 3.05) is 11.1 Å². The Morgan fingerprint density at radius 1 is 1.44 bits per heavy atom. The third-order valence-electron chi connectivity index (χ3n) is 2.16. The second-order valence-electron chi connectivity index (χ2n) is 3.34. The van der Waals surface area contributed by atoms with Crippen LogP contribution >= 0.6 is 15.9 Å². The van der Waals surface area contributed by atoms with Crippen LogP contribution in [-0.4, -0.2) is 0 Å². The first-order valence-corrected chi connectivity index (χ1v) is 5.45. The van der Waals surface area contributed by atoms with Crippen LogP contribution < -0.4 is 11.1 Å². The van der Waals surface area contributed by atoms with E-state index in [9.17, 15) is 4.39 Å². The van der Waals surface area contributed by atoms with Gasteiger partial charge in [-0.05, 0) is 28.1 Å². The lowest BCUT2D eigenvalue weighted by atomic mass is 10.2. The lowest BCUT2D eigenvalue weighted by Gasteiger charge is -2.09. The van der Waals surface area contributed by atoms with Gasteiger partial charge < -0.3 is 15.5 Å². The topological polar surface area (TPSA) is 51.2 Å². The summed E-state index contributed by atoms with van der Waals surface area (Å²) in [6.07, 6.45) is 3.24. The van der Waals surface area contributed by atoms with Gasteiger partial charge in [0.25, 0.3) is 0 Å². The Kier molecular flexibility index (Phi) is 3.14. The molecule has 2 rings (SSSR count). The Morgan fingerprint density at radius 3 is 2.94 bits per heavy atom. The largest absolute Gasteiger partial charge is 0.472 e. The standard InChI is InChI=1S/C11H10BrFN2O/c12-8-3-11(10(14)4-9(8)13)15-5-7-1-2-16-6-7/h1-4,6,15H,5,14H2. The minimum atomic E-state index is -0.369. The van der Waals surface area contributed by atoms with Crippen LogP contribution in [0, 0.1) is 5.82 Å². The highest BCUT2D eigenvalue weighted by Gasteiger charge is 2.05. The summed E-state index contributed by atoms with van der Waals surface area (Å²) in [6.45, 7) is 0.582. The van der Waals surface area contributed by atoms with Gasteiger partial charge in [0.15, 0.2) is 0 Å². The average Bonchev–Trinajstić information content (AvgIpc) is 2.74. The van der Waals surface area contributed by atoms with E-state index < -0.39 is 0 Å². The SMILES string of the molecule is Nc1cc(F)c(Br)cc1NCc1ccoc1. The van der Waals surface area contributed by atoms with Crippen molar-refractivity contribution in [3.8, 4) is 0 Å². The summed E-state index contributed by atoms with van der Waals surface area (Å²) < 4.78 is 18.4. The van der Waals surface area contributed by atoms with Crippen molar-refractivity contribution in [2.45, 2.75) is 6.54 Å². The molecule has 84 valence electrons. The van der Waals surface area contributed by atoms with Gasteiger partial charge in [-0.2, -0.15) is 0 Å². The molecule has 1 heterocycles. The summed E-state index contributed by atoms with van der Waals surface area (Å²) in [5.41, 5.74) is 7.75. The maximum absolute atomic E-state index is 13.1. The number of nitrogen functional groups attached to an aromatic ring is 1. The molecule has 0 aliphatic carbocycles. The van der Waals surface area contributed by atoms with E-state index in [-0.39, 0.29) is 5.82 Å². The molecule has 16 heavy (non-hydrogen) atoms. The van der Waals surface area contributed by atoms with Crippen molar-refractivity contribution in [1.82, 2.24) is 0 Å². The second kappa shape index (κ2) is 4.57. The fourth-order valence-corrected chi connectivity index (χ4v) is 1.65. The first-order chi connectivity index (χ1) is 7.66. The van der Waals surface area contributed by atoms with Gasteiger partial charge in [0.05, 0.1) is 28.4 Å². The van der Waals surface area contributed by atoms with E-state index in [0.717, 1.165) is 5.56 Å². The zero-order valence-electron chi connectivity index (χ0n) is 8.34. The van der Waals surface area contributed by atoms with Crippen molar-refractivity contribution in [3.05, 3.63) is 46.6 Å². The molecule has 0 fully saturated rings. The smallest absolute Gasteiger partial charge is 0.139 e. The molecule has 3 nitrogen and oxygen atoms in total. The van der Waals surface area contributed by atoms with E-state index in [2.05, 4.69) is 21.2 Å². The second-order valence-corrected chi connectivity index (χ2v) is 4.19. The third-order valence-corrected chi connectivity index (χ3v) is 2.76. The summed E-state index contributed by atoms with van der Waals surface area (Å²) in [4.78, 5) is 0. The van der Waals surface area contributed by atoms with Gasteiger partial charge in [0.1, 0.15) is 5.82 Å². The maximum atomic E-state index is 13.1. The van der Waals surface area contributed by atoms with E-state index in [0.29, 0.717) is 22.4 Å². The Morgan fingerprint density at radius 2 is 2.25 bits per heavy atom. The van der Waals surface area contributed by atoms with Gasteiger partial charge in [-0.15, -0.1) is 0 Å². The molecular weight excluding hydrogens is 275 g/mol. The predicted molar refractivity (Wildman–Crippen MR) is 64.5 cm³/mol. The van der Waals surface area contributed by atoms with Gasteiger partial charge in [-0.3, -0.25) is 0 Å². The molecule has 1 aromatic heterocycles. The van der Waals surface area contributed by atoms with Crippen molar-refractivity contribution >= 4 is 27.3 Å². The van der Waals surface area contributed by atoms with Crippen molar-refractivity contribution in [3.63, 3.8) is 0 Å². The number of nitrogens with one attached hydrogen (secondary N) is 1. The number of halogens is 2. The molecule has 0 radical (unpaired) electrons. The van der Waals surface area contributed by atoms with Crippen LogP contribution in [0.15, 0.2) is 39.6 Å². The minimum absolute atomic E-state index is 0.369. The summed E-state index contributed by atoms with van der Waals surface area (Å²) in [6, 6.07) is 4.74. The van der Waals surface area contributed by atoms with Crippen LogP contribution in [0.25, 0.3) is 0 Å². The molecular formula is C11H10BrFN2O. The Balaban J connectivity index is 2.12. The Labute approximate surface area is 101 Å². The molecule has 0 aliphatic heterocycles. The molecule has 0 saturated heterocycles. The number of anilines is 2. The van der Waals surface area contributed by atoms with Crippen LogP contribution in [0.5, 0.6) is 0 Å². The van der Waals surface area contributed by atoms with Crippen LogP contribution in [0.4, 0.5) is 15.8 Å². The van der Waals surface area contributed by atoms with Gasteiger partial charge in [0.2, 0.25) is 0 Å². The lowest BCUT2D eigenvalue weighted by molar-refractivity contribution is 0.564. The molecule has 0 amide bonds. The zero-order chi connectivity index (χ0) is 11.5. The number of benzene rings is 1. The highest BCUT2D eigenvalue weighted by Crippen LogP contribution is 2.26. The fourth-order valence-electron chi connectivity index (χ4n) is 1.31. The Hall–Kier alpha value is -1.49. The average molecular weight is 285 g/mol. The lowest BCUT2D eigenvalue weighted by Crippen LogP contribution is -2.02. The van der Waals surface area contributed by atoms with Gasteiger partial charge >= 0.3 is 0 Å². The van der Waals surface area contributed by atoms with E-state index in [4.69, 9.17) is 10.2 Å². The van der Waals surface area contributed by atoms with E-state index >= 15 is 0 Å². The van der Waals surface area contributed by atoms with E-state index in [1.807, 2.05) is 6.07 Å². The monoisotopic (exact) mass is 284 g/mol. The number of rotatable bonds is 3. The highest BCUT2D eigenvalue weighted by atomic mass is 79.9. The Bertz CT molecular complexity index is 485. The number of hydrogen-bond donors (Lipinski definition) is 2. The minimum Gasteiger partial charge on any atom is -0.472 e. The first-order valence-electron chi connectivity index (χ1n) is 4.66. The molecule has 0 spiro atoms. The van der Waals surface area contributed by atoms with E-state index in [1.165, 1.54) is 6.07 Å². The normalized spacial score (nSPS) is 10.4. The zero-order valence-corrected chi connectivity index (χ0v) is 9.92. The van der Waals surface area contributed by atoms with Crippen molar-refractivity contribution in [2.24, 2.45) is 0 Å². The fraction of sp³-hybridized carbons (Fsp3) is 0.0909. The summed E-state index contributed by atoms with van der Waals surface area (Å²) in [7, 11) is 0. The van der Waals surface area contributed by atoms with Crippen molar-refractivity contribution in [1.29, 1.82) is 0 Å². The van der Waals surface area contributed by atoms with Crippen LogP contribution in [0.1, 0.15) is 5.56 Å². The van der Waals surface area contributed by atoms with Crippen LogP contribution in [0.3, 0.4) is 0 Å². The first kappa shape index (κ1) is 11.0. The van der Waals surface area contributed by atoms with Crippen LogP contribution in [-0.2, 0) is 6.54 Å². The molecule has 3 N–H and O–H groups in total. The predicted octanol–water partition coefficient (Wildman–Crippen LogP) is 3.38. The highest BCUT2D eigenvalue weighted by molar-refractivity contribution is 9.10. The number of hydrogen-bond acceptors (Lipinski definition) is 3. The number of nitrogens with two attached hydrogens (primary N) is 1. The maximum Gasteiger partial charge on any atom is 0.139 e. The van der Waals surface area contributed by atoms with Gasteiger partial charge in [-0.1, -0.05) is 0 Å². The van der Waals surface area contributed by atoms with Crippen LogP contribution in [0.2, 0.25) is 0 Å². The van der Waals surface area contributed by atoms with E-state index in [1.54, 1.807) is 18.6 Å². The molecule has 0 aliphatic rings. The van der Waals surface area contributed by atoms with Crippen molar-refractivity contribution < 1.29 is 8.81 Å². The summed E-state index contributed by atoms with van der Waals surface area (Å²) >= 11 is 3.11.